The minimum absolute atomic E-state index is 0.00386. The standard InChI is InChI=1S/C77H84O20/c1-4-5-6-7-8-30-45-84-75-70(95-74(83)59-43-28-15-29-44-59)68(97-77-69(87-48-55-35-20-11-21-36-55)67(86-47-54-33-18-10-19-34-54)63(51(2)90-77)85-46-53-31-16-9-17-32-53)65(61(92-75)50-89-72(81)57-39-24-13-25-40-57)96-76-66(94-73(82)58-41-26-14-27-42-58)62(79)64(91-52(3)78)60(93-76)49-88-71(80)56-37-22-12-23-38-56/h9-29,31-44,51,60-70,75-77,79H,4-8,30,45-50H2,1-3H3/t51-,60+,61+,62-,63+,64-,65+,66+,67+,68-,69-,70+,75+,76-,77-/m0/s1. The van der Waals surface area contributed by atoms with E-state index in [-0.39, 0.29) is 48.7 Å². The molecule has 20 nitrogen and oxygen atoms in total. The Balaban J connectivity index is 1.12. The maximum absolute atomic E-state index is 15.0. The summed E-state index contributed by atoms with van der Waals surface area (Å²) in [6, 6.07) is 61.2. The fourth-order valence-corrected chi connectivity index (χ4v) is 11.7. The molecule has 0 unspecified atom stereocenters. The van der Waals surface area contributed by atoms with Crippen LogP contribution < -0.4 is 0 Å². The summed E-state index contributed by atoms with van der Waals surface area (Å²) in [6.45, 7) is 4.14. The molecule has 1 N–H and O–H groups in total. The number of rotatable bonds is 32. The largest absolute Gasteiger partial charge is 0.459 e. The quantitative estimate of drug-likeness (QED) is 0.0234. The second-order valence-corrected chi connectivity index (χ2v) is 23.9. The van der Waals surface area contributed by atoms with Crippen LogP contribution in [0.1, 0.15) is 117 Å². The van der Waals surface area contributed by atoms with Crippen LogP contribution in [-0.2, 0) is 90.9 Å². The van der Waals surface area contributed by atoms with Crippen molar-refractivity contribution in [3.63, 3.8) is 0 Å². The Morgan fingerprint density at radius 3 is 1.23 bits per heavy atom. The van der Waals surface area contributed by atoms with Crippen LogP contribution in [0.5, 0.6) is 0 Å². The predicted octanol–water partition coefficient (Wildman–Crippen LogP) is 11.5. The van der Waals surface area contributed by atoms with Crippen LogP contribution >= 0.6 is 0 Å². The highest BCUT2D eigenvalue weighted by atomic mass is 16.8. The molecule has 3 aliphatic rings. The average molecular weight is 1330 g/mol. The number of esters is 5. The fraction of sp³-hybridized carbons (Fsp3) is 0.390. The molecule has 0 bridgehead atoms. The van der Waals surface area contributed by atoms with Crippen molar-refractivity contribution in [2.45, 2.75) is 171 Å². The van der Waals surface area contributed by atoms with E-state index in [0.717, 1.165) is 55.7 Å². The van der Waals surface area contributed by atoms with Gasteiger partial charge in [0.25, 0.3) is 0 Å². The number of hydrogen-bond acceptors (Lipinski definition) is 20. The van der Waals surface area contributed by atoms with E-state index in [2.05, 4.69) is 6.92 Å². The topological polar surface area (TPSA) is 235 Å². The van der Waals surface area contributed by atoms with Crippen molar-refractivity contribution in [1.82, 2.24) is 0 Å². The second kappa shape index (κ2) is 36.7. The first-order chi connectivity index (χ1) is 47.4. The average Bonchev–Trinajstić information content (AvgIpc) is 0.769. The van der Waals surface area contributed by atoms with E-state index >= 15 is 0 Å². The maximum atomic E-state index is 15.0. The van der Waals surface area contributed by atoms with E-state index in [1.165, 1.54) is 24.3 Å². The summed E-state index contributed by atoms with van der Waals surface area (Å²) in [4.78, 5) is 70.4. The molecule has 0 spiro atoms. The number of hydrogen-bond donors (Lipinski definition) is 1. The van der Waals surface area contributed by atoms with E-state index < -0.39 is 135 Å². The minimum atomic E-state index is -1.98. The molecule has 3 saturated heterocycles. The molecule has 3 aliphatic heterocycles. The molecule has 3 heterocycles. The first kappa shape index (κ1) is 71.3. The zero-order chi connectivity index (χ0) is 67.7. The van der Waals surface area contributed by atoms with Gasteiger partial charge in [0.2, 0.25) is 0 Å². The summed E-state index contributed by atoms with van der Waals surface area (Å²) in [6.07, 6.45) is -17.1. The van der Waals surface area contributed by atoms with Crippen molar-refractivity contribution >= 4 is 29.8 Å². The first-order valence-electron chi connectivity index (χ1n) is 33.1. The Labute approximate surface area is 565 Å². The maximum Gasteiger partial charge on any atom is 0.338 e. The van der Waals surface area contributed by atoms with Gasteiger partial charge in [-0.15, -0.1) is 0 Å². The number of aliphatic hydroxyl groups is 1. The Bertz CT molecular complexity index is 3500. The molecule has 0 radical (unpaired) electrons. The molecular weight excluding hydrogens is 1240 g/mol. The fourth-order valence-electron chi connectivity index (χ4n) is 11.7. The lowest BCUT2D eigenvalue weighted by atomic mass is 9.95. The van der Waals surface area contributed by atoms with Crippen molar-refractivity contribution in [2.75, 3.05) is 19.8 Å². The van der Waals surface area contributed by atoms with Gasteiger partial charge >= 0.3 is 29.8 Å². The third-order valence-corrected chi connectivity index (χ3v) is 16.7. The third kappa shape index (κ3) is 20.3. The molecule has 20 heteroatoms. The Kier molecular flexibility index (Phi) is 27.0. The van der Waals surface area contributed by atoms with Crippen molar-refractivity contribution in [2.24, 2.45) is 0 Å². The molecule has 0 saturated carbocycles. The molecule has 7 aromatic rings. The molecule has 97 heavy (non-hydrogen) atoms. The van der Waals surface area contributed by atoms with Crippen LogP contribution in [0.4, 0.5) is 0 Å². The van der Waals surface area contributed by atoms with Gasteiger partial charge in [-0.05, 0) is 78.6 Å². The van der Waals surface area contributed by atoms with Crippen LogP contribution in [0.3, 0.4) is 0 Å². The summed E-state index contributed by atoms with van der Waals surface area (Å²) in [5.41, 5.74) is 3.08. The van der Waals surface area contributed by atoms with Gasteiger partial charge in [-0.25, -0.2) is 19.2 Å². The molecule has 0 aromatic heterocycles. The van der Waals surface area contributed by atoms with Gasteiger partial charge in [-0.1, -0.05) is 203 Å². The van der Waals surface area contributed by atoms with Crippen LogP contribution in [0.2, 0.25) is 0 Å². The Hall–Kier alpha value is -8.51. The van der Waals surface area contributed by atoms with Gasteiger partial charge in [0.1, 0.15) is 62.0 Å². The summed E-state index contributed by atoms with van der Waals surface area (Å²) < 4.78 is 93.8. The zero-order valence-corrected chi connectivity index (χ0v) is 54.6. The zero-order valence-electron chi connectivity index (χ0n) is 54.6. The lowest BCUT2D eigenvalue weighted by Gasteiger charge is -2.51. The van der Waals surface area contributed by atoms with Gasteiger partial charge < -0.3 is 71.4 Å². The molecule has 3 fully saturated rings. The van der Waals surface area contributed by atoms with Gasteiger partial charge in [0.15, 0.2) is 37.2 Å². The number of ether oxygens (including phenoxy) is 14. The lowest BCUT2D eigenvalue weighted by Crippen LogP contribution is -2.68. The van der Waals surface area contributed by atoms with Gasteiger partial charge in [-0.3, -0.25) is 4.79 Å². The number of carbonyl (C=O) groups excluding carboxylic acids is 5. The van der Waals surface area contributed by atoms with E-state index in [0.29, 0.717) is 6.42 Å². The van der Waals surface area contributed by atoms with Gasteiger partial charge in [-0.2, -0.15) is 0 Å². The monoisotopic (exact) mass is 1330 g/mol. The van der Waals surface area contributed by atoms with Crippen LogP contribution in [0.25, 0.3) is 0 Å². The third-order valence-electron chi connectivity index (χ3n) is 16.7. The summed E-state index contributed by atoms with van der Waals surface area (Å²) in [5, 5.41) is 12.7. The Morgan fingerprint density at radius 1 is 0.371 bits per heavy atom. The number of aliphatic hydroxyl groups excluding tert-OH is 1. The van der Waals surface area contributed by atoms with Crippen molar-refractivity contribution < 1.29 is 95.4 Å². The summed E-state index contributed by atoms with van der Waals surface area (Å²) in [7, 11) is 0. The molecule has 15 atom stereocenters. The van der Waals surface area contributed by atoms with Gasteiger partial charge in [0, 0.05) is 13.5 Å². The normalized spacial score (nSPS) is 25.4. The summed E-state index contributed by atoms with van der Waals surface area (Å²) in [5.74, 6) is -4.20. The highest BCUT2D eigenvalue weighted by molar-refractivity contribution is 5.91. The number of unbranched alkanes of at least 4 members (excludes halogenated alkanes) is 5. The molecule has 512 valence electrons. The van der Waals surface area contributed by atoms with Crippen molar-refractivity contribution in [1.29, 1.82) is 0 Å². The van der Waals surface area contributed by atoms with Crippen LogP contribution in [0, 0.1) is 0 Å². The highest BCUT2D eigenvalue weighted by Crippen LogP contribution is 2.39. The lowest BCUT2D eigenvalue weighted by molar-refractivity contribution is -0.389. The molecule has 7 aromatic carbocycles. The first-order valence-corrected chi connectivity index (χ1v) is 33.1. The molecule has 10 rings (SSSR count). The van der Waals surface area contributed by atoms with Crippen LogP contribution in [0.15, 0.2) is 212 Å². The van der Waals surface area contributed by atoms with Crippen LogP contribution in [-0.4, -0.2) is 147 Å². The van der Waals surface area contributed by atoms with E-state index in [1.54, 1.807) is 97.1 Å². The highest BCUT2D eigenvalue weighted by Gasteiger charge is 2.58. The number of benzene rings is 7. The van der Waals surface area contributed by atoms with Crippen molar-refractivity contribution in [3.8, 4) is 0 Å². The Morgan fingerprint density at radius 2 is 0.753 bits per heavy atom. The summed E-state index contributed by atoms with van der Waals surface area (Å²) >= 11 is 0. The van der Waals surface area contributed by atoms with E-state index in [1.807, 2.05) is 97.9 Å². The van der Waals surface area contributed by atoms with E-state index in [4.69, 9.17) is 66.3 Å². The van der Waals surface area contributed by atoms with Crippen molar-refractivity contribution in [3.05, 3.63) is 251 Å². The van der Waals surface area contributed by atoms with Gasteiger partial charge in [0.05, 0.1) is 48.2 Å². The molecular formula is C77H84O20. The smallest absolute Gasteiger partial charge is 0.338 e. The predicted molar refractivity (Wildman–Crippen MR) is 352 cm³/mol. The number of carbonyl (C=O) groups is 5. The van der Waals surface area contributed by atoms with E-state index in [9.17, 15) is 29.1 Å². The molecule has 0 aliphatic carbocycles. The molecule has 0 amide bonds. The SMILES string of the molecule is CCCCCCCCO[C@@H]1O[C@H](COC(=O)c2ccccc2)[C@@H](O[C@@H]2O[C@H](COC(=O)c3ccccc3)[C@H](OC(C)=O)[C@H](O)[C@H]2OC(=O)c2ccccc2)[C@H](O[C@@H]2O[C@@H](C)[C@@H](OCc3ccccc3)[C@@H](OCc3ccccc3)[C@@H]2OCc2ccccc2)[C@H]1OC(=O)c1ccccc1. The second-order valence-electron chi connectivity index (χ2n) is 23.9. The minimum Gasteiger partial charge on any atom is -0.459 e.